The van der Waals surface area contributed by atoms with Gasteiger partial charge in [0.25, 0.3) is 0 Å². The maximum atomic E-state index is 12.3. The van der Waals surface area contributed by atoms with Gasteiger partial charge in [0.15, 0.2) is 0 Å². The number of ether oxygens (including phenoxy) is 1. The van der Waals surface area contributed by atoms with Crippen molar-refractivity contribution in [3.8, 4) is 23.1 Å². The van der Waals surface area contributed by atoms with Crippen molar-refractivity contribution in [3.05, 3.63) is 52.6 Å². The van der Waals surface area contributed by atoms with Gasteiger partial charge < -0.3 is 4.74 Å². The van der Waals surface area contributed by atoms with Crippen molar-refractivity contribution in [2.75, 3.05) is 6.61 Å². The van der Waals surface area contributed by atoms with Crippen LogP contribution < -0.4 is 5.69 Å². The van der Waals surface area contributed by atoms with E-state index in [9.17, 15) is 4.79 Å². The van der Waals surface area contributed by atoms with E-state index in [1.54, 1.807) is 4.57 Å². The van der Waals surface area contributed by atoms with Crippen LogP contribution in [0.25, 0.3) is 11.3 Å². The normalized spacial score (nSPS) is 19.9. The lowest BCUT2D eigenvalue weighted by Crippen LogP contribution is -2.31. The van der Waals surface area contributed by atoms with Gasteiger partial charge in [-0.05, 0) is 50.3 Å². The van der Waals surface area contributed by atoms with E-state index in [1.165, 1.54) is 19.3 Å². The summed E-state index contributed by atoms with van der Waals surface area (Å²) < 4.78 is 7.36. The quantitative estimate of drug-likeness (QED) is 0.810. The van der Waals surface area contributed by atoms with Crippen molar-refractivity contribution >= 4 is 0 Å². The summed E-state index contributed by atoms with van der Waals surface area (Å²) in [5.41, 5.74) is 2.44. The van der Waals surface area contributed by atoms with Crippen LogP contribution in [-0.4, -0.2) is 22.3 Å². The molecule has 2 heterocycles. The van der Waals surface area contributed by atoms with Gasteiger partial charge in [0.1, 0.15) is 0 Å². The first-order valence-electron chi connectivity index (χ1n) is 9.09. The molecule has 1 unspecified atom stereocenters. The minimum absolute atomic E-state index is 0.128. The maximum absolute atomic E-state index is 12.3. The van der Waals surface area contributed by atoms with Crippen molar-refractivity contribution in [2.45, 2.75) is 44.8 Å². The molecule has 0 bridgehead atoms. The van der Waals surface area contributed by atoms with Gasteiger partial charge >= 0.3 is 5.69 Å². The Labute approximate surface area is 147 Å². The molecule has 1 aliphatic heterocycles. The van der Waals surface area contributed by atoms with E-state index in [-0.39, 0.29) is 11.8 Å². The van der Waals surface area contributed by atoms with Crippen molar-refractivity contribution in [3.63, 3.8) is 0 Å². The van der Waals surface area contributed by atoms with Crippen molar-refractivity contribution in [2.24, 2.45) is 5.92 Å². The molecule has 1 aromatic carbocycles. The van der Waals surface area contributed by atoms with Gasteiger partial charge in [0.2, 0.25) is 0 Å². The fourth-order valence-corrected chi connectivity index (χ4v) is 3.04. The molecular weight excluding hydrogens is 312 g/mol. The van der Waals surface area contributed by atoms with Crippen LogP contribution in [0.5, 0.6) is 0 Å². The van der Waals surface area contributed by atoms with E-state index in [0.717, 1.165) is 30.6 Å². The van der Waals surface area contributed by atoms with Crippen LogP contribution in [0.1, 0.15) is 37.7 Å². The third-order valence-corrected chi connectivity index (χ3v) is 4.73. The highest BCUT2D eigenvalue weighted by Crippen LogP contribution is 2.27. The van der Waals surface area contributed by atoms with Gasteiger partial charge in [-0.3, -0.25) is 4.57 Å². The standard InChI is InChI=1S/C21H22N2O2/c24-21-22-20(12-13-23(21)15-19-3-1-2-14-25-19)18-10-8-17(9-11-18)7-6-16-4-5-16/h8-13,16,19H,1-5,14-15H2. The van der Waals surface area contributed by atoms with E-state index in [2.05, 4.69) is 16.8 Å². The molecule has 4 rings (SSSR count). The highest BCUT2D eigenvalue weighted by atomic mass is 16.5. The number of rotatable bonds is 3. The molecule has 4 nitrogen and oxygen atoms in total. The van der Waals surface area contributed by atoms with Crippen LogP contribution in [0, 0.1) is 17.8 Å². The monoisotopic (exact) mass is 334 g/mol. The molecule has 1 aromatic heterocycles. The molecule has 2 aromatic rings. The largest absolute Gasteiger partial charge is 0.376 e. The van der Waals surface area contributed by atoms with Gasteiger partial charge in [0, 0.05) is 29.8 Å². The van der Waals surface area contributed by atoms with E-state index >= 15 is 0 Å². The van der Waals surface area contributed by atoms with Gasteiger partial charge in [-0.1, -0.05) is 24.0 Å². The first-order chi connectivity index (χ1) is 12.3. The Hall–Kier alpha value is -2.38. The Morgan fingerprint density at radius 3 is 2.64 bits per heavy atom. The van der Waals surface area contributed by atoms with Crippen LogP contribution in [0.4, 0.5) is 0 Å². The summed E-state index contributed by atoms with van der Waals surface area (Å²) in [4.78, 5) is 16.6. The second-order valence-electron chi connectivity index (χ2n) is 6.86. The van der Waals surface area contributed by atoms with Gasteiger partial charge in [-0.2, -0.15) is 4.98 Å². The summed E-state index contributed by atoms with van der Waals surface area (Å²) in [6, 6.07) is 9.84. The second-order valence-corrected chi connectivity index (χ2v) is 6.86. The lowest BCUT2D eigenvalue weighted by atomic mass is 10.1. The second kappa shape index (κ2) is 7.25. The lowest BCUT2D eigenvalue weighted by Gasteiger charge is -2.23. The molecular formula is C21H22N2O2. The molecule has 1 atom stereocenters. The summed E-state index contributed by atoms with van der Waals surface area (Å²) in [6.07, 6.45) is 7.71. The maximum Gasteiger partial charge on any atom is 0.348 e. The highest BCUT2D eigenvalue weighted by Gasteiger charge is 2.17. The zero-order chi connectivity index (χ0) is 17.1. The van der Waals surface area contributed by atoms with E-state index in [0.29, 0.717) is 18.2 Å². The zero-order valence-corrected chi connectivity index (χ0v) is 14.3. The van der Waals surface area contributed by atoms with Crippen molar-refractivity contribution in [1.29, 1.82) is 0 Å². The first-order valence-corrected chi connectivity index (χ1v) is 9.09. The number of benzene rings is 1. The average Bonchev–Trinajstić information content (AvgIpc) is 3.48. The predicted molar refractivity (Wildman–Crippen MR) is 97.1 cm³/mol. The van der Waals surface area contributed by atoms with Crippen LogP contribution in [-0.2, 0) is 11.3 Å². The summed E-state index contributed by atoms with van der Waals surface area (Å²) in [7, 11) is 0. The molecule has 1 saturated heterocycles. The molecule has 0 amide bonds. The third kappa shape index (κ3) is 4.18. The molecule has 2 aliphatic rings. The molecule has 25 heavy (non-hydrogen) atoms. The molecule has 4 heteroatoms. The Kier molecular flexibility index (Phi) is 4.67. The van der Waals surface area contributed by atoms with Gasteiger partial charge in [-0.25, -0.2) is 4.79 Å². The average molecular weight is 334 g/mol. The Balaban J connectivity index is 1.48. The molecule has 0 radical (unpaired) electrons. The topological polar surface area (TPSA) is 44.1 Å². The number of hydrogen-bond acceptors (Lipinski definition) is 3. The molecule has 0 spiro atoms. The zero-order valence-electron chi connectivity index (χ0n) is 14.3. The smallest absolute Gasteiger partial charge is 0.348 e. The Morgan fingerprint density at radius 1 is 1.12 bits per heavy atom. The van der Waals surface area contributed by atoms with E-state index < -0.39 is 0 Å². The molecule has 0 N–H and O–H groups in total. The third-order valence-electron chi connectivity index (χ3n) is 4.73. The summed E-state index contributed by atoms with van der Waals surface area (Å²) in [6.45, 7) is 1.38. The summed E-state index contributed by atoms with van der Waals surface area (Å²) in [5, 5.41) is 0. The minimum Gasteiger partial charge on any atom is -0.376 e. The highest BCUT2D eigenvalue weighted by molar-refractivity contribution is 5.59. The van der Waals surface area contributed by atoms with Crippen LogP contribution in [0.3, 0.4) is 0 Å². The predicted octanol–water partition coefficient (Wildman–Crippen LogP) is 3.24. The molecule has 1 aliphatic carbocycles. The fourth-order valence-electron chi connectivity index (χ4n) is 3.04. The van der Waals surface area contributed by atoms with Crippen molar-refractivity contribution < 1.29 is 4.74 Å². The van der Waals surface area contributed by atoms with Crippen molar-refractivity contribution in [1.82, 2.24) is 9.55 Å². The lowest BCUT2D eigenvalue weighted by molar-refractivity contribution is 0.00522. The molecule has 1 saturated carbocycles. The molecule has 128 valence electrons. The Morgan fingerprint density at radius 2 is 1.96 bits per heavy atom. The first kappa shape index (κ1) is 16.1. The van der Waals surface area contributed by atoms with Gasteiger partial charge in [0.05, 0.1) is 18.3 Å². The SMILES string of the molecule is O=c1nc(-c2ccc(C#CC3CC3)cc2)ccn1CC1CCCCO1. The van der Waals surface area contributed by atoms with Crippen LogP contribution >= 0.6 is 0 Å². The fraction of sp³-hybridized carbons (Fsp3) is 0.429. The van der Waals surface area contributed by atoms with Crippen LogP contribution in [0.2, 0.25) is 0 Å². The van der Waals surface area contributed by atoms with Crippen LogP contribution in [0.15, 0.2) is 41.3 Å². The van der Waals surface area contributed by atoms with E-state index in [1.807, 2.05) is 36.5 Å². The number of nitrogens with zero attached hydrogens (tertiary/aromatic N) is 2. The summed E-state index contributed by atoms with van der Waals surface area (Å²) in [5.74, 6) is 7.06. The molecule has 2 fully saturated rings. The minimum atomic E-state index is -0.218. The summed E-state index contributed by atoms with van der Waals surface area (Å²) >= 11 is 0. The van der Waals surface area contributed by atoms with Gasteiger partial charge in [-0.15, -0.1) is 0 Å². The number of hydrogen-bond donors (Lipinski definition) is 0. The number of aromatic nitrogens is 2. The van der Waals surface area contributed by atoms with E-state index in [4.69, 9.17) is 4.74 Å². The Bertz CT molecular complexity index is 848.